The fourth-order valence-electron chi connectivity index (χ4n) is 1.83. The van der Waals surface area contributed by atoms with Crippen LogP contribution in [0.3, 0.4) is 0 Å². The number of nitrogens with one attached hydrogen (secondary N) is 1. The van der Waals surface area contributed by atoms with E-state index < -0.39 is 0 Å². The van der Waals surface area contributed by atoms with E-state index in [-0.39, 0.29) is 6.04 Å². The van der Waals surface area contributed by atoms with Crippen molar-refractivity contribution in [3.05, 3.63) is 44.1 Å². The second-order valence-corrected chi connectivity index (χ2v) is 6.22. The number of nitrogens with zero attached hydrogens (tertiary/aromatic N) is 2. The maximum atomic E-state index is 5.65. The van der Waals surface area contributed by atoms with Crippen molar-refractivity contribution < 1.29 is 0 Å². The van der Waals surface area contributed by atoms with Crippen molar-refractivity contribution in [2.75, 3.05) is 0 Å². The molecule has 0 saturated heterocycles. The van der Waals surface area contributed by atoms with Crippen molar-refractivity contribution in [3.63, 3.8) is 0 Å². The van der Waals surface area contributed by atoms with Gasteiger partial charge in [-0.05, 0) is 41.9 Å². The predicted octanol–water partition coefficient (Wildman–Crippen LogP) is 2.66. The summed E-state index contributed by atoms with van der Waals surface area (Å²) in [7, 11) is 0. The Labute approximate surface area is 119 Å². The van der Waals surface area contributed by atoms with Gasteiger partial charge < -0.3 is 0 Å². The summed E-state index contributed by atoms with van der Waals surface area (Å²) in [5.74, 6) is 5.65. The molecule has 0 aromatic carbocycles. The average Bonchev–Trinajstić information content (AvgIpc) is 2.68. The molecule has 18 heavy (non-hydrogen) atoms. The maximum Gasteiger partial charge on any atom is 0.0900 e. The van der Waals surface area contributed by atoms with Crippen molar-refractivity contribution in [2.45, 2.75) is 26.3 Å². The molecule has 4 nitrogen and oxygen atoms in total. The molecule has 0 aliphatic carbocycles. The number of rotatable bonds is 4. The summed E-state index contributed by atoms with van der Waals surface area (Å²) in [4.78, 5) is 9.98. The minimum Gasteiger partial charge on any atom is -0.271 e. The molecule has 2 rings (SSSR count). The zero-order chi connectivity index (χ0) is 13.1. The molecule has 96 valence electrons. The Morgan fingerprint density at radius 3 is 2.72 bits per heavy atom. The standard InChI is InChI=1S/C12H15BrN4S/c1-7-12(18-8(2)16-7)11(17-14)5-10-4-3-9(13)6-15-10/h3-4,6,11,17H,5,14H2,1-2H3. The van der Waals surface area contributed by atoms with E-state index in [0.29, 0.717) is 0 Å². The van der Waals surface area contributed by atoms with Crippen LogP contribution in [0.25, 0.3) is 0 Å². The molecule has 0 saturated carbocycles. The molecular formula is C12H15BrN4S. The number of hydrogen-bond acceptors (Lipinski definition) is 5. The van der Waals surface area contributed by atoms with E-state index in [1.54, 1.807) is 17.5 Å². The van der Waals surface area contributed by atoms with Crippen LogP contribution in [0.2, 0.25) is 0 Å². The Kier molecular flexibility index (Phi) is 4.45. The highest BCUT2D eigenvalue weighted by Crippen LogP contribution is 2.26. The molecule has 0 aliphatic heterocycles. The molecular weight excluding hydrogens is 312 g/mol. The SMILES string of the molecule is Cc1nc(C)c(C(Cc2ccc(Br)cn2)NN)s1. The first-order chi connectivity index (χ1) is 8.60. The number of thiazole rings is 1. The lowest BCUT2D eigenvalue weighted by molar-refractivity contribution is 0.551. The summed E-state index contributed by atoms with van der Waals surface area (Å²) in [5.41, 5.74) is 4.90. The quantitative estimate of drug-likeness (QED) is 0.669. The number of hydrogen-bond donors (Lipinski definition) is 2. The summed E-state index contributed by atoms with van der Waals surface area (Å²) >= 11 is 5.06. The van der Waals surface area contributed by atoms with Crippen LogP contribution in [0.1, 0.15) is 27.3 Å². The van der Waals surface area contributed by atoms with Crippen LogP contribution in [0.15, 0.2) is 22.8 Å². The number of aryl methyl sites for hydroxylation is 2. The van der Waals surface area contributed by atoms with Crippen molar-refractivity contribution in [3.8, 4) is 0 Å². The monoisotopic (exact) mass is 326 g/mol. The Hall–Kier alpha value is -0.820. The van der Waals surface area contributed by atoms with Gasteiger partial charge in [-0.25, -0.2) is 4.98 Å². The van der Waals surface area contributed by atoms with Gasteiger partial charge in [0.05, 0.1) is 16.7 Å². The number of aromatic nitrogens is 2. The molecule has 2 aromatic rings. The zero-order valence-corrected chi connectivity index (χ0v) is 12.7. The molecule has 0 fully saturated rings. The van der Waals surface area contributed by atoms with Crippen molar-refractivity contribution in [1.29, 1.82) is 0 Å². The van der Waals surface area contributed by atoms with Crippen LogP contribution in [0.4, 0.5) is 0 Å². The van der Waals surface area contributed by atoms with Crippen molar-refractivity contribution in [1.82, 2.24) is 15.4 Å². The van der Waals surface area contributed by atoms with Gasteiger partial charge in [-0.2, -0.15) is 0 Å². The molecule has 1 unspecified atom stereocenters. The van der Waals surface area contributed by atoms with E-state index in [1.165, 1.54) is 4.88 Å². The first-order valence-electron chi connectivity index (χ1n) is 5.60. The van der Waals surface area contributed by atoms with Crippen LogP contribution < -0.4 is 11.3 Å². The Balaban J connectivity index is 2.19. The van der Waals surface area contributed by atoms with Gasteiger partial charge in [0.25, 0.3) is 0 Å². The van der Waals surface area contributed by atoms with Gasteiger partial charge in [-0.15, -0.1) is 11.3 Å². The molecule has 2 heterocycles. The summed E-state index contributed by atoms with van der Waals surface area (Å²) in [5, 5.41) is 1.06. The molecule has 3 N–H and O–H groups in total. The highest BCUT2D eigenvalue weighted by atomic mass is 79.9. The second-order valence-electron chi connectivity index (χ2n) is 4.07. The minimum absolute atomic E-state index is 0.0601. The van der Waals surface area contributed by atoms with E-state index in [0.717, 1.165) is 27.3 Å². The van der Waals surface area contributed by atoms with Gasteiger partial charge in [-0.1, -0.05) is 0 Å². The molecule has 0 amide bonds. The van der Waals surface area contributed by atoms with Crippen LogP contribution in [0, 0.1) is 13.8 Å². The first-order valence-corrected chi connectivity index (χ1v) is 7.21. The van der Waals surface area contributed by atoms with E-state index in [1.807, 2.05) is 26.0 Å². The number of halogens is 1. The molecule has 2 aromatic heterocycles. The molecule has 0 bridgehead atoms. The highest BCUT2D eigenvalue weighted by molar-refractivity contribution is 9.10. The Morgan fingerprint density at radius 2 is 2.22 bits per heavy atom. The fourth-order valence-corrected chi connectivity index (χ4v) is 3.06. The topological polar surface area (TPSA) is 63.8 Å². The Bertz CT molecular complexity index is 523. The molecule has 6 heteroatoms. The third-order valence-corrected chi connectivity index (χ3v) is 4.31. The van der Waals surface area contributed by atoms with Gasteiger partial charge in [0.1, 0.15) is 0 Å². The molecule has 0 spiro atoms. The Morgan fingerprint density at radius 1 is 1.44 bits per heavy atom. The first kappa shape index (κ1) is 13.6. The fraction of sp³-hybridized carbons (Fsp3) is 0.333. The summed E-state index contributed by atoms with van der Waals surface area (Å²) in [6, 6.07) is 4.04. The lowest BCUT2D eigenvalue weighted by atomic mass is 10.1. The van der Waals surface area contributed by atoms with E-state index >= 15 is 0 Å². The number of nitrogens with two attached hydrogens (primary N) is 1. The largest absolute Gasteiger partial charge is 0.271 e. The van der Waals surface area contributed by atoms with E-state index in [2.05, 4.69) is 31.3 Å². The summed E-state index contributed by atoms with van der Waals surface area (Å²) in [6.45, 7) is 4.02. The van der Waals surface area contributed by atoms with Gasteiger partial charge in [0, 0.05) is 27.7 Å². The normalized spacial score (nSPS) is 12.7. The van der Waals surface area contributed by atoms with Crippen LogP contribution >= 0.6 is 27.3 Å². The molecule has 1 atom stereocenters. The maximum absolute atomic E-state index is 5.65. The third kappa shape index (κ3) is 3.14. The average molecular weight is 327 g/mol. The van der Waals surface area contributed by atoms with Crippen molar-refractivity contribution >= 4 is 27.3 Å². The second kappa shape index (κ2) is 5.88. The molecule has 0 radical (unpaired) electrons. The van der Waals surface area contributed by atoms with Crippen LogP contribution in [-0.2, 0) is 6.42 Å². The lowest BCUT2D eigenvalue weighted by Gasteiger charge is -2.14. The number of hydrazine groups is 1. The van der Waals surface area contributed by atoms with Crippen LogP contribution in [0.5, 0.6) is 0 Å². The van der Waals surface area contributed by atoms with Gasteiger partial charge in [0.15, 0.2) is 0 Å². The predicted molar refractivity (Wildman–Crippen MR) is 77.3 cm³/mol. The van der Waals surface area contributed by atoms with Gasteiger partial charge in [-0.3, -0.25) is 16.3 Å². The number of pyridine rings is 1. The highest BCUT2D eigenvalue weighted by Gasteiger charge is 2.17. The van der Waals surface area contributed by atoms with Gasteiger partial charge >= 0.3 is 0 Å². The minimum atomic E-state index is 0.0601. The van der Waals surface area contributed by atoms with E-state index in [9.17, 15) is 0 Å². The molecule has 0 aliphatic rings. The van der Waals surface area contributed by atoms with Gasteiger partial charge in [0.2, 0.25) is 0 Å². The van der Waals surface area contributed by atoms with Crippen molar-refractivity contribution in [2.24, 2.45) is 5.84 Å². The summed E-state index contributed by atoms with van der Waals surface area (Å²) in [6.07, 6.45) is 2.56. The third-order valence-electron chi connectivity index (χ3n) is 2.66. The zero-order valence-electron chi connectivity index (χ0n) is 10.3. The smallest absolute Gasteiger partial charge is 0.0900 e. The van der Waals surface area contributed by atoms with E-state index in [4.69, 9.17) is 5.84 Å². The van der Waals surface area contributed by atoms with Crippen LogP contribution in [-0.4, -0.2) is 9.97 Å². The summed E-state index contributed by atoms with van der Waals surface area (Å²) < 4.78 is 0.980. The lowest BCUT2D eigenvalue weighted by Crippen LogP contribution is -2.29.